The van der Waals surface area contributed by atoms with Crippen LogP contribution in [-0.2, 0) is 11.2 Å². The van der Waals surface area contributed by atoms with Crippen molar-refractivity contribution in [2.45, 2.75) is 13.3 Å². The number of carboxylic acid groups (broad SMARTS) is 1. The maximum Gasteiger partial charge on any atom is 0.339 e. The number of carbonyl (C=O) groups excluding carboxylic acids is 1. The molecule has 0 radical (unpaired) electrons. The highest BCUT2D eigenvalue weighted by molar-refractivity contribution is 7.06. The zero-order valence-electron chi connectivity index (χ0n) is 7.27. The predicted molar refractivity (Wildman–Crippen MR) is 48.2 cm³/mol. The van der Waals surface area contributed by atoms with Gasteiger partial charge in [-0.1, -0.05) is 0 Å². The van der Waals surface area contributed by atoms with E-state index >= 15 is 0 Å². The summed E-state index contributed by atoms with van der Waals surface area (Å²) in [4.78, 5) is 21.6. The molecule has 1 aromatic rings. The fourth-order valence-corrected chi connectivity index (χ4v) is 1.67. The van der Waals surface area contributed by atoms with E-state index in [-0.39, 0.29) is 28.3 Å². The molecular formula is C8H6N2O3S. The summed E-state index contributed by atoms with van der Waals surface area (Å²) in [5, 5.41) is 17.4. The van der Waals surface area contributed by atoms with Crippen LogP contribution in [0.4, 0.5) is 0 Å². The van der Waals surface area contributed by atoms with Gasteiger partial charge in [-0.3, -0.25) is 4.79 Å². The Balaban J connectivity index is 3.19. The molecule has 0 amide bonds. The van der Waals surface area contributed by atoms with E-state index in [2.05, 4.69) is 4.37 Å². The number of hydrogen-bond acceptors (Lipinski definition) is 5. The fourth-order valence-electron chi connectivity index (χ4n) is 0.976. The van der Waals surface area contributed by atoms with Crippen LogP contribution in [0, 0.1) is 11.3 Å². The van der Waals surface area contributed by atoms with Crippen molar-refractivity contribution >= 4 is 23.3 Å². The van der Waals surface area contributed by atoms with E-state index in [9.17, 15) is 9.59 Å². The van der Waals surface area contributed by atoms with Gasteiger partial charge in [-0.25, -0.2) is 4.79 Å². The Morgan fingerprint density at radius 1 is 1.64 bits per heavy atom. The highest BCUT2D eigenvalue weighted by Crippen LogP contribution is 2.18. The first kappa shape index (κ1) is 10.3. The third kappa shape index (κ3) is 1.95. The molecule has 0 fully saturated rings. The van der Waals surface area contributed by atoms with Crippen LogP contribution in [0.5, 0.6) is 0 Å². The number of aromatic carboxylic acids is 1. The number of ketones is 1. The topological polar surface area (TPSA) is 91.0 Å². The lowest BCUT2D eigenvalue weighted by Gasteiger charge is -1.94. The van der Waals surface area contributed by atoms with Crippen LogP contribution in [0.2, 0.25) is 0 Å². The van der Waals surface area contributed by atoms with E-state index in [0.29, 0.717) is 0 Å². The molecule has 0 bridgehead atoms. The molecule has 1 rings (SSSR count). The Hall–Kier alpha value is -1.74. The fraction of sp³-hybridized carbons (Fsp3) is 0.250. The molecule has 6 heteroatoms. The highest BCUT2D eigenvalue weighted by atomic mass is 32.1. The van der Waals surface area contributed by atoms with E-state index in [0.717, 1.165) is 11.5 Å². The number of nitriles is 1. The lowest BCUT2D eigenvalue weighted by atomic mass is 10.1. The van der Waals surface area contributed by atoms with E-state index in [1.807, 2.05) is 0 Å². The molecule has 0 aromatic carbocycles. The second-order valence-electron chi connectivity index (χ2n) is 2.63. The van der Waals surface area contributed by atoms with Crippen LogP contribution < -0.4 is 0 Å². The van der Waals surface area contributed by atoms with Crippen LogP contribution in [0.25, 0.3) is 0 Å². The van der Waals surface area contributed by atoms with E-state index in [1.165, 1.54) is 6.92 Å². The first-order valence-electron chi connectivity index (χ1n) is 3.67. The van der Waals surface area contributed by atoms with Crippen molar-refractivity contribution in [1.29, 1.82) is 5.26 Å². The van der Waals surface area contributed by atoms with Gasteiger partial charge < -0.3 is 5.11 Å². The third-order valence-electron chi connectivity index (χ3n) is 1.49. The molecule has 0 saturated heterocycles. The summed E-state index contributed by atoms with van der Waals surface area (Å²) in [6.45, 7) is 1.34. The van der Waals surface area contributed by atoms with Gasteiger partial charge in [0.1, 0.15) is 22.3 Å². The average molecular weight is 210 g/mol. The molecule has 0 unspecified atom stereocenters. The Morgan fingerprint density at radius 3 is 2.71 bits per heavy atom. The largest absolute Gasteiger partial charge is 0.478 e. The summed E-state index contributed by atoms with van der Waals surface area (Å²) in [6.07, 6.45) is -0.0419. The quantitative estimate of drug-likeness (QED) is 0.798. The molecule has 5 nitrogen and oxygen atoms in total. The SMILES string of the molecule is CC(=O)Cc1nsc(C#N)c1C(=O)O. The summed E-state index contributed by atoms with van der Waals surface area (Å²) in [5.74, 6) is -1.39. The molecule has 1 heterocycles. The lowest BCUT2D eigenvalue weighted by molar-refractivity contribution is -0.116. The van der Waals surface area contributed by atoms with E-state index in [4.69, 9.17) is 10.4 Å². The first-order chi connectivity index (χ1) is 6.56. The van der Waals surface area contributed by atoms with Gasteiger partial charge in [0.15, 0.2) is 0 Å². The molecule has 1 N–H and O–H groups in total. The highest BCUT2D eigenvalue weighted by Gasteiger charge is 2.20. The Morgan fingerprint density at radius 2 is 2.29 bits per heavy atom. The van der Waals surface area contributed by atoms with Crippen molar-refractivity contribution in [3.05, 3.63) is 16.1 Å². The maximum absolute atomic E-state index is 10.8. The number of rotatable bonds is 3. The first-order valence-corrected chi connectivity index (χ1v) is 4.45. The molecule has 0 aliphatic carbocycles. The monoisotopic (exact) mass is 210 g/mol. The summed E-state index contributed by atoms with van der Waals surface area (Å²) in [6, 6.07) is 1.73. The Kier molecular flexibility index (Phi) is 2.94. The van der Waals surface area contributed by atoms with Crippen molar-refractivity contribution in [2.75, 3.05) is 0 Å². The van der Waals surface area contributed by atoms with Gasteiger partial charge in [-0.05, 0) is 18.5 Å². The van der Waals surface area contributed by atoms with Gasteiger partial charge in [0.25, 0.3) is 0 Å². The van der Waals surface area contributed by atoms with Gasteiger partial charge in [0.05, 0.1) is 12.1 Å². The molecule has 14 heavy (non-hydrogen) atoms. The molecule has 0 spiro atoms. The summed E-state index contributed by atoms with van der Waals surface area (Å²) >= 11 is 0.802. The van der Waals surface area contributed by atoms with E-state index < -0.39 is 5.97 Å². The predicted octanol–water partition coefficient (Wildman–Crippen LogP) is 0.844. The number of carboxylic acids is 1. The van der Waals surface area contributed by atoms with Crippen LogP contribution in [0.1, 0.15) is 27.9 Å². The molecule has 0 aliphatic heterocycles. The minimum Gasteiger partial charge on any atom is -0.478 e. The molecule has 1 aromatic heterocycles. The zero-order valence-corrected chi connectivity index (χ0v) is 8.09. The van der Waals surface area contributed by atoms with Crippen molar-refractivity contribution < 1.29 is 14.7 Å². The van der Waals surface area contributed by atoms with Crippen LogP contribution in [0.15, 0.2) is 0 Å². The number of Topliss-reactive ketones (excluding diaryl/α,β-unsaturated/α-hetero) is 1. The number of carbonyl (C=O) groups is 2. The smallest absolute Gasteiger partial charge is 0.339 e. The van der Waals surface area contributed by atoms with Crippen molar-refractivity contribution in [2.24, 2.45) is 0 Å². The number of hydrogen-bond donors (Lipinski definition) is 1. The number of nitrogens with zero attached hydrogens (tertiary/aromatic N) is 2. The standard InChI is InChI=1S/C8H6N2O3S/c1-4(11)2-5-7(8(12)13)6(3-9)14-10-5/h2H2,1H3,(H,12,13). The summed E-state index contributed by atoms with van der Waals surface area (Å²) in [7, 11) is 0. The van der Waals surface area contributed by atoms with Crippen LogP contribution in [-0.4, -0.2) is 21.2 Å². The minimum atomic E-state index is -1.22. The van der Waals surface area contributed by atoms with Gasteiger partial charge in [0, 0.05) is 0 Å². The molecule has 72 valence electrons. The van der Waals surface area contributed by atoms with Crippen LogP contribution in [0.3, 0.4) is 0 Å². The summed E-state index contributed by atoms with van der Waals surface area (Å²) < 4.78 is 3.77. The molecule has 0 atom stereocenters. The maximum atomic E-state index is 10.8. The number of aromatic nitrogens is 1. The Bertz CT molecular complexity index is 430. The van der Waals surface area contributed by atoms with Gasteiger partial charge >= 0.3 is 5.97 Å². The van der Waals surface area contributed by atoms with Gasteiger partial charge in [0.2, 0.25) is 0 Å². The van der Waals surface area contributed by atoms with Crippen molar-refractivity contribution in [1.82, 2.24) is 4.37 Å². The zero-order chi connectivity index (χ0) is 10.7. The normalized spacial score (nSPS) is 9.43. The van der Waals surface area contributed by atoms with E-state index in [1.54, 1.807) is 6.07 Å². The average Bonchev–Trinajstić information content (AvgIpc) is 2.46. The lowest BCUT2D eigenvalue weighted by Crippen LogP contribution is -2.05. The summed E-state index contributed by atoms with van der Waals surface area (Å²) in [5.41, 5.74) is 0.0271. The second-order valence-corrected chi connectivity index (χ2v) is 3.40. The van der Waals surface area contributed by atoms with Crippen molar-refractivity contribution in [3.63, 3.8) is 0 Å². The molecule has 0 aliphatic rings. The van der Waals surface area contributed by atoms with Crippen LogP contribution >= 0.6 is 11.5 Å². The third-order valence-corrected chi connectivity index (χ3v) is 2.28. The Labute approximate surface area is 83.8 Å². The molecule has 0 saturated carbocycles. The van der Waals surface area contributed by atoms with Gasteiger partial charge in [-0.2, -0.15) is 9.64 Å². The second kappa shape index (κ2) is 3.98. The molecular weight excluding hydrogens is 204 g/mol. The van der Waals surface area contributed by atoms with Crippen molar-refractivity contribution in [3.8, 4) is 6.07 Å². The minimum absolute atomic E-state index is 0.0359. The van der Waals surface area contributed by atoms with Gasteiger partial charge in [-0.15, -0.1) is 0 Å².